The fraction of sp³-hybridized carbons (Fsp3) is 0.389. The first-order valence-electron chi connectivity index (χ1n) is 7.78. The number of ether oxygens (including phenoxy) is 2. The van der Waals surface area contributed by atoms with Gasteiger partial charge >= 0.3 is 0 Å². The second-order valence-electron chi connectivity index (χ2n) is 5.71. The Hall–Kier alpha value is -1.62. The average molecular weight is 336 g/mol. The molecule has 0 saturated carbocycles. The summed E-state index contributed by atoms with van der Waals surface area (Å²) in [5, 5.41) is 2.17. The third-order valence-corrected chi connectivity index (χ3v) is 4.27. The second-order valence-corrected chi connectivity index (χ2v) is 5.71. The van der Waals surface area contributed by atoms with Gasteiger partial charge in [0, 0.05) is 5.56 Å². The summed E-state index contributed by atoms with van der Waals surface area (Å²) >= 11 is 0. The summed E-state index contributed by atoms with van der Waals surface area (Å²) < 4.78 is 10.6. The number of methoxy groups -OCH3 is 1. The number of Topliss-reactive ketones (excluding diaryl/α,β-unsaturated/α-hetero) is 1. The molecule has 5 heteroatoms. The summed E-state index contributed by atoms with van der Waals surface area (Å²) in [6.45, 7) is 4.51. The van der Waals surface area contributed by atoms with Crippen molar-refractivity contribution >= 4 is 16.6 Å². The predicted octanol–water partition coefficient (Wildman–Crippen LogP) is -1.66. The number of morpholine rings is 1. The molecule has 0 aromatic heterocycles. The molecular formula is C18H22ClNO3. The summed E-state index contributed by atoms with van der Waals surface area (Å²) in [4.78, 5) is 13.8. The smallest absolute Gasteiger partial charge is 0.168 e. The van der Waals surface area contributed by atoms with Crippen molar-refractivity contribution in [1.82, 2.24) is 0 Å². The number of carbonyl (C=O) groups excluding carboxylic acids is 1. The molecule has 1 aliphatic rings. The van der Waals surface area contributed by atoms with Gasteiger partial charge in [-0.3, -0.25) is 4.79 Å². The molecule has 0 bridgehead atoms. The lowest BCUT2D eigenvalue weighted by atomic mass is 10.0. The number of benzene rings is 2. The molecule has 1 fully saturated rings. The van der Waals surface area contributed by atoms with Crippen LogP contribution in [0.4, 0.5) is 0 Å². The van der Waals surface area contributed by atoms with Crippen LogP contribution in [0.5, 0.6) is 5.75 Å². The summed E-state index contributed by atoms with van der Waals surface area (Å²) in [7, 11) is 1.66. The van der Waals surface area contributed by atoms with Crippen molar-refractivity contribution in [3.63, 3.8) is 0 Å². The summed E-state index contributed by atoms with van der Waals surface area (Å²) in [6, 6.07) is 11.8. The van der Waals surface area contributed by atoms with Gasteiger partial charge in [0.1, 0.15) is 18.8 Å². The molecule has 0 amide bonds. The lowest BCUT2D eigenvalue weighted by molar-refractivity contribution is -0.907. The van der Waals surface area contributed by atoms with Gasteiger partial charge in [0.15, 0.2) is 5.78 Å². The highest BCUT2D eigenvalue weighted by Crippen LogP contribution is 2.22. The Balaban J connectivity index is 0.00000192. The number of carbonyl (C=O) groups is 1. The number of hydrogen-bond donors (Lipinski definition) is 1. The van der Waals surface area contributed by atoms with E-state index in [-0.39, 0.29) is 18.2 Å². The van der Waals surface area contributed by atoms with Gasteiger partial charge < -0.3 is 26.8 Å². The number of quaternary nitrogens is 1. The van der Waals surface area contributed by atoms with Crippen molar-refractivity contribution in [1.29, 1.82) is 0 Å². The summed E-state index contributed by atoms with van der Waals surface area (Å²) in [6.07, 6.45) is 0.594. The quantitative estimate of drug-likeness (QED) is 0.665. The highest BCUT2D eigenvalue weighted by Gasteiger charge is 2.16. The highest BCUT2D eigenvalue weighted by molar-refractivity contribution is 6.00. The van der Waals surface area contributed by atoms with Gasteiger partial charge in [0.2, 0.25) is 0 Å². The number of fused-ring (bicyclic) bond motifs is 1. The van der Waals surface area contributed by atoms with Gasteiger partial charge in [-0.05, 0) is 29.0 Å². The Bertz CT molecular complexity index is 668. The van der Waals surface area contributed by atoms with Crippen molar-refractivity contribution in [2.75, 3.05) is 40.0 Å². The number of nitrogens with one attached hydrogen (secondary N) is 1. The van der Waals surface area contributed by atoms with Gasteiger partial charge in [0.25, 0.3) is 0 Å². The second kappa shape index (κ2) is 8.29. The number of hydrogen-bond acceptors (Lipinski definition) is 3. The van der Waals surface area contributed by atoms with Crippen LogP contribution in [-0.4, -0.2) is 45.7 Å². The SMILES string of the molecule is COc1ccc2cc(C(=O)CC[NH+]3CCOCC3)ccc2c1.[Cl-]. The van der Waals surface area contributed by atoms with E-state index in [9.17, 15) is 4.79 Å². The minimum atomic E-state index is 0. The Kier molecular flexibility index (Phi) is 6.39. The highest BCUT2D eigenvalue weighted by atomic mass is 35.5. The molecule has 2 aromatic carbocycles. The first-order chi connectivity index (χ1) is 10.8. The van der Waals surface area contributed by atoms with Gasteiger partial charge in [0.05, 0.1) is 33.3 Å². The normalized spacial score (nSPS) is 15.2. The van der Waals surface area contributed by atoms with Crippen molar-refractivity contribution in [2.45, 2.75) is 6.42 Å². The lowest BCUT2D eigenvalue weighted by Crippen LogP contribution is -3.14. The van der Waals surface area contributed by atoms with Crippen LogP contribution in [0.2, 0.25) is 0 Å². The van der Waals surface area contributed by atoms with E-state index in [4.69, 9.17) is 9.47 Å². The van der Waals surface area contributed by atoms with Crippen molar-refractivity contribution in [3.05, 3.63) is 42.0 Å². The third kappa shape index (κ3) is 4.44. The van der Waals surface area contributed by atoms with Crippen molar-refractivity contribution in [3.8, 4) is 5.75 Å². The molecule has 1 saturated heterocycles. The molecule has 2 aromatic rings. The van der Waals surface area contributed by atoms with Gasteiger partial charge in [-0.15, -0.1) is 0 Å². The molecule has 0 unspecified atom stereocenters. The Morgan fingerprint density at radius 1 is 1.13 bits per heavy atom. The van der Waals surface area contributed by atoms with Crippen LogP contribution in [0.3, 0.4) is 0 Å². The Morgan fingerprint density at radius 3 is 2.57 bits per heavy atom. The molecule has 0 atom stereocenters. The van der Waals surface area contributed by atoms with Gasteiger partial charge in [-0.25, -0.2) is 0 Å². The maximum absolute atomic E-state index is 12.4. The Morgan fingerprint density at radius 2 is 1.83 bits per heavy atom. The van der Waals surface area contributed by atoms with Crippen LogP contribution < -0.4 is 22.0 Å². The molecule has 0 aliphatic carbocycles. The molecule has 1 N–H and O–H groups in total. The Labute approximate surface area is 142 Å². The molecule has 4 nitrogen and oxygen atoms in total. The molecule has 0 radical (unpaired) electrons. The summed E-state index contributed by atoms with van der Waals surface area (Å²) in [5.41, 5.74) is 0.797. The first kappa shape index (κ1) is 17.7. The standard InChI is InChI=1S/C18H21NO3.ClH/c1-21-17-5-4-14-12-16(3-2-15(14)13-17)18(20)6-7-19-8-10-22-11-9-19;/h2-5,12-13H,6-11H2,1H3;1H. The fourth-order valence-electron chi connectivity index (χ4n) is 2.87. The zero-order valence-electron chi connectivity index (χ0n) is 13.3. The number of ketones is 1. The zero-order chi connectivity index (χ0) is 15.4. The molecule has 23 heavy (non-hydrogen) atoms. The topological polar surface area (TPSA) is 40.0 Å². The summed E-state index contributed by atoms with van der Waals surface area (Å²) in [5.74, 6) is 1.05. The molecule has 1 heterocycles. The van der Waals surface area contributed by atoms with E-state index >= 15 is 0 Å². The van der Waals surface area contributed by atoms with E-state index in [1.807, 2.05) is 36.4 Å². The lowest BCUT2D eigenvalue weighted by Gasteiger charge is -2.23. The molecule has 1 aliphatic heterocycles. The number of halogens is 1. The molecule has 124 valence electrons. The maximum Gasteiger partial charge on any atom is 0.168 e. The number of rotatable bonds is 5. The van der Waals surface area contributed by atoms with Crippen molar-refractivity contribution < 1.29 is 31.6 Å². The molecule has 3 rings (SSSR count). The van der Waals surface area contributed by atoms with Crippen LogP contribution >= 0.6 is 0 Å². The van der Waals surface area contributed by atoms with E-state index in [0.29, 0.717) is 6.42 Å². The fourth-order valence-corrected chi connectivity index (χ4v) is 2.87. The van der Waals surface area contributed by atoms with Crippen LogP contribution in [0.25, 0.3) is 10.8 Å². The first-order valence-corrected chi connectivity index (χ1v) is 7.78. The average Bonchev–Trinajstić information content (AvgIpc) is 2.59. The maximum atomic E-state index is 12.4. The van der Waals surface area contributed by atoms with E-state index < -0.39 is 0 Å². The van der Waals surface area contributed by atoms with Crippen LogP contribution in [0.1, 0.15) is 16.8 Å². The minimum Gasteiger partial charge on any atom is -1.00 e. The predicted molar refractivity (Wildman–Crippen MR) is 85.8 cm³/mol. The molecular weight excluding hydrogens is 314 g/mol. The molecule has 0 spiro atoms. The minimum absolute atomic E-state index is 0. The van der Waals surface area contributed by atoms with Crippen molar-refractivity contribution in [2.24, 2.45) is 0 Å². The monoisotopic (exact) mass is 335 g/mol. The van der Waals surface area contributed by atoms with Crippen LogP contribution in [-0.2, 0) is 4.74 Å². The van der Waals surface area contributed by atoms with Crippen LogP contribution in [0.15, 0.2) is 36.4 Å². The van der Waals surface area contributed by atoms with E-state index in [1.165, 1.54) is 4.90 Å². The zero-order valence-corrected chi connectivity index (χ0v) is 14.1. The van der Waals surface area contributed by atoms with E-state index in [2.05, 4.69) is 0 Å². The van der Waals surface area contributed by atoms with Gasteiger partial charge in [-0.2, -0.15) is 0 Å². The van der Waals surface area contributed by atoms with E-state index in [1.54, 1.807) is 7.11 Å². The van der Waals surface area contributed by atoms with Gasteiger partial charge in [-0.1, -0.05) is 18.2 Å². The third-order valence-electron chi connectivity index (χ3n) is 4.27. The van der Waals surface area contributed by atoms with Crippen LogP contribution in [0, 0.1) is 0 Å². The largest absolute Gasteiger partial charge is 1.00 e. The van der Waals surface area contributed by atoms with E-state index in [0.717, 1.165) is 54.9 Å².